The number of aryl methyl sites for hydroxylation is 1. The number of carbonyl (C=O) groups excluding carboxylic acids is 1. The summed E-state index contributed by atoms with van der Waals surface area (Å²) in [4.78, 5) is 12.7. The van der Waals surface area contributed by atoms with Crippen LogP contribution in [-0.2, 0) is 21.2 Å². The summed E-state index contributed by atoms with van der Waals surface area (Å²) in [6.45, 7) is 2.56. The van der Waals surface area contributed by atoms with Crippen LogP contribution in [0.2, 0.25) is 0 Å². The average Bonchev–Trinajstić information content (AvgIpc) is 3.43. The number of nitrogens with zero attached hydrogens (tertiary/aromatic N) is 3. The van der Waals surface area contributed by atoms with Gasteiger partial charge in [0.2, 0.25) is 11.8 Å². The quantitative estimate of drug-likeness (QED) is 0.624. The van der Waals surface area contributed by atoms with Gasteiger partial charge in [-0.25, -0.2) is 8.42 Å². The summed E-state index contributed by atoms with van der Waals surface area (Å²) in [7, 11) is -3.57. The molecule has 30 heavy (non-hydrogen) atoms. The molecule has 158 valence electrons. The van der Waals surface area contributed by atoms with Crippen molar-refractivity contribution in [3.63, 3.8) is 0 Å². The minimum atomic E-state index is -3.57. The lowest BCUT2D eigenvalue weighted by Gasteiger charge is -2.30. The summed E-state index contributed by atoms with van der Waals surface area (Å²) in [6, 6.07) is 11.3. The standard InChI is InChI=1S/C20H22N4O4S2/c1-14-6-8-15(9-7-14)12-17-22-23-20(28-17)21-19(25)16-4-2-10-24(13-16)30(26,27)18-5-3-11-29-18/h3,5-9,11,16H,2,4,10,12-13H2,1H3,(H,21,23,25)/t16-/m1/s1. The van der Waals surface area contributed by atoms with Crippen LogP contribution in [0.1, 0.15) is 29.9 Å². The minimum absolute atomic E-state index is 0.0281. The molecule has 4 rings (SSSR count). The Kier molecular flexibility index (Phi) is 5.98. The van der Waals surface area contributed by atoms with E-state index in [0.29, 0.717) is 35.9 Å². The Morgan fingerprint density at radius 3 is 2.80 bits per heavy atom. The van der Waals surface area contributed by atoms with Gasteiger partial charge in [-0.3, -0.25) is 10.1 Å². The molecule has 1 aliphatic heterocycles. The van der Waals surface area contributed by atoms with Gasteiger partial charge in [-0.1, -0.05) is 41.0 Å². The molecule has 0 bridgehead atoms. The second-order valence-corrected chi connectivity index (χ2v) is 10.4. The van der Waals surface area contributed by atoms with E-state index in [2.05, 4.69) is 15.5 Å². The van der Waals surface area contributed by atoms with Gasteiger partial charge in [0.1, 0.15) is 4.21 Å². The van der Waals surface area contributed by atoms with Crippen LogP contribution in [0.5, 0.6) is 0 Å². The van der Waals surface area contributed by atoms with Crippen molar-refractivity contribution >= 4 is 33.3 Å². The Hall–Kier alpha value is -2.56. The number of hydrogen-bond acceptors (Lipinski definition) is 7. The second kappa shape index (κ2) is 8.66. The number of thiophene rings is 1. The highest BCUT2D eigenvalue weighted by atomic mass is 32.2. The molecule has 2 aromatic heterocycles. The SMILES string of the molecule is Cc1ccc(Cc2nnc(NC(=O)[C@@H]3CCCN(S(=O)(=O)c4cccs4)C3)o2)cc1. The molecule has 3 heterocycles. The third-order valence-corrected chi connectivity index (χ3v) is 8.26. The smallest absolute Gasteiger partial charge is 0.322 e. The normalized spacial score (nSPS) is 17.7. The summed E-state index contributed by atoms with van der Waals surface area (Å²) in [5.41, 5.74) is 2.20. The van der Waals surface area contributed by atoms with Gasteiger partial charge in [-0.05, 0) is 36.8 Å². The maximum atomic E-state index is 12.7. The van der Waals surface area contributed by atoms with Crippen molar-refractivity contribution in [3.05, 3.63) is 58.8 Å². The van der Waals surface area contributed by atoms with E-state index in [-0.39, 0.29) is 18.5 Å². The molecule has 1 fully saturated rings. The van der Waals surface area contributed by atoms with Crippen molar-refractivity contribution in [1.82, 2.24) is 14.5 Å². The summed E-state index contributed by atoms with van der Waals surface area (Å²) >= 11 is 1.18. The molecule has 3 aromatic rings. The first-order valence-corrected chi connectivity index (χ1v) is 12.0. The van der Waals surface area contributed by atoms with Crippen LogP contribution in [0.4, 0.5) is 6.01 Å². The fraction of sp³-hybridized carbons (Fsp3) is 0.350. The summed E-state index contributed by atoms with van der Waals surface area (Å²) in [6.07, 6.45) is 1.69. The van der Waals surface area contributed by atoms with E-state index in [1.807, 2.05) is 31.2 Å². The van der Waals surface area contributed by atoms with Crippen molar-refractivity contribution < 1.29 is 17.6 Å². The third kappa shape index (κ3) is 4.61. The lowest BCUT2D eigenvalue weighted by Crippen LogP contribution is -2.43. The molecule has 1 saturated heterocycles. The predicted octanol–water partition coefficient (Wildman–Crippen LogP) is 3.07. The zero-order chi connectivity index (χ0) is 21.1. The summed E-state index contributed by atoms with van der Waals surface area (Å²) < 4.78 is 32.7. The van der Waals surface area contributed by atoms with Crippen molar-refractivity contribution in [2.75, 3.05) is 18.4 Å². The van der Waals surface area contributed by atoms with E-state index in [1.165, 1.54) is 21.2 Å². The fourth-order valence-corrected chi connectivity index (χ4v) is 6.04. The first-order chi connectivity index (χ1) is 14.4. The molecule has 1 atom stereocenters. The van der Waals surface area contributed by atoms with Gasteiger partial charge < -0.3 is 4.42 Å². The van der Waals surface area contributed by atoms with Gasteiger partial charge in [0.15, 0.2) is 0 Å². The molecular weight excluding hydrogens is 424 g/mol. The van der Waals surface area contributed by atoms with Gasteiger partial charge in [0.25, 0.3) is 10.0 Å². The maximum Gasteiger partial charge on any atom is 0.322 e. The summed E-state index contributed by atoms with van der Waals surface area (Å²) in [5, 5.41) is 12.2. The zero-order valence-corrected chi connectivity index (χ0v) is 18.1. The van der Waals surface area contributed by atoms with Crippen LogP contribution in [0.15, 0.2) is 50.4 Å². The van der Waals surface area contributed by atoms with Gasteiger partial charge >= 0.3 is 6.01 Å². The lowest BCUT2D eigenvalue weighted by molar-refractivity contribution is -0.121. The molecule has 10 heteroatoms. The summed E-state index contributed by atoms with van der Waals surface area (Å²) in [5.74, 6) is -0.382. The van der Waals surface area contributed by atoms with E-state index >= 15 is 0 Å². The number of anilines is 1. The molecular formula is C20H22N4O4S2. The first kappa shape index (κ1) is 20.7. The highest BCUT2D eigenvalue weighted by Crippen LogP contribution is 2.27. The largest absolute Gasteiger partial charge is 0.407 e. The highest BCUT2D eigenvalue weighted by molar-refractivity contribution is 7.91. The van der Waals surface area contributed by atoms with E-state index in [0.717, 1.165) is 5.56 Å². The second-order valence-electron chi connectivity index (χ2n) is 7.29. The predicted molar refractivity (Wildman–Crippen MR) is 113 cm³/mol. The number of amides is 1. The molecule has 0 saturated carbocycles. The zero-order valence-electron chi connectivity index (χ0n) is 16.4. The number of rotatable bonds is 6. The number of carbonyl (C=O) groups is 1. The van der Waals surface area contributed by atoms with E-state index in [1.54, 1.807) is 17.5 Å². The molecule has 0 aliphatic carbocycles. The van der Waals surface area contributed by atoms with Crippen LogP contribution in [0.3, 0.4) is 0 Å². The Bertz CT molecular complexity index is 1110. The topological polar surface area (TPSA) is 105 Å². The number of sulfonamides is 1. The van der Waals surface area contributed by atoms with Crippen LogP contribution in [0.25, 0.3) is 0 Å². The fourth-order valence-electron chi connectivity index (χ4n) is 3.38. The van der Waals surface area contributed by atoms with Crippen molar-refractivity contribution in [2.24, 2.45) is 5.92 Å². The number of nitrogens with one attached hydrogen (secondary N) is 1. The van der Waals surface area contributed by atoms with Crippen LogP contribution in [-0.4, -0.2) is 41.9 Å². The van der Waals surface area contributed by atoms with Gasteiger partial charge in [-0.15, -0.1) is 16.4 Å². The van der Waals surface area contributed by atoms with Crippen molar-refractivity contribution in [3.8, 4) is 0 Å². The molecule has 0 spiro atoms. The van der Waals surface area contributed by atoms with Gasteiger partial charge in [-0.2, -0.15) is 4.31 Å². The van der Waals surface area contributed by atoms with Crippen LogP contribution in [0, 0.1) is 12.8 Å². The van der Waals surface area contributed by atoms with E-state index in [9.17, 15) is 13.2 Å². The molecule has 1 N–H and O–H groups in total. The van der Waals surface area contributed by atoms with Crippen LogP contribution >= 0.6 is 11.3 Å². The first-order valence-electron chi connectivity index (χ1n) is 9.64. The number of aromatic nitrogens is 2. The third-order valence-electron chi connectivity index (χ3n) is 5.02. The molecule has 8 nitrogen and oxygen atoms in total. The molecule has 1 aliphatic rings. The molecule has 1 amide bonds. The number of benzene rings is 1. The Morgan fingerprint density at radius 2 is 2.07 bits per heavy atom. The number of hydrogen-bond donors (Lipinski definition) is 1. The number of piperidine rings is 1. The molecule has 1 aromatic carbocycles. The lowest BCUT2D eigenvalue weighted by atomic mass is 9.99. The maximum absolute atomic E-state index is 12.7. The van der Waals surface area contributed by atoms with Crippen molar-refractivity contribution in [1.29, 1.82) is 0 Å². The Labute approximate surface area is 179 Å². The van der Waals surface area contributed by atoms with E-state index in [4.69, 9.17) is 4.42 Å². The van der Waals surface area contributed by atoms with Gasteiger partial charge in [0, 0.05) is 13.1 Å². The average molecular weight is 447 g/mol. The highest BCUT2D eigenvalue weighted by Gasteiger charge is 2.34. The van der Waals surface area contributed by atoms with Crippen LogP contribution < -0.4 is 5.32 Å². The Morgan fingerprint density at radius 1 is 1.27 bits per heavy atom. The Balaban J connectivity index is 1.38. The minimum Gasteiger partial charge on any atom is -0.407 e. The van der Waals surface area contributed by atoms with E-state index < -0.39 is 15.9 Å². The monoisotopic (exact) mass is 446 g/mol. The van der Waals surface area contributed by atoms with Gasteiger partial charge in [0.05, 0.1) is 12.3 Å². The molecule has 0 unspecified atom stereocenters. The van der Waals surface area contributed by atoms with Crippen molar-refractivity contribution in [2.45, 2.75) is 30.4 Å². The molecule has 0 radical (unpaired) electrons.